The second-order valence-corrected chi connectivity index (χ2v) is 23.2. The third-order valence-corrected chi connectivity index (χ3v) is 16.3. The van der Waals surface area contributed by atoms with Gasteiger partial charge < -0.3 is 13.8 Å². The zero-order valence-corrected chi connectivity index (χ0v) is 38.4. The minimum Gasteiger partial charge on any atom is -0.466 e. The van der Waals surface area contributed by atoms with Crippen LogP contribution < -0.4 is 15.9 Å². The Hall–Kier alpha value is -5.82. The van der Waals surface area contributed by atoms with Crippen molar-refractivity contribution in [3.8, 4) is 16.8 Å². The molecule has 0 spiro atoms. The van der Waals surface area contributed by atoms with E-state index in [9.17, 15) is 0 Å². The van der Waals surface area contributed by atoms with Crippen LogP contribution >= 0.6 is 22.7 Å². The van der Waals surface area contributed by atoms with Crippen molar-refractivity contribution in [2.75, 3.05) is 4.81 Å². The number of nitrogens with zero attached hydrogens (tertiary/aromatic N) is 2. The predicted octanol–water partition coefficient (Wildman–Crippen LogP) is 15.4. The summed E-state index contributed by atoms with van der Waals surface area (Å²) >= 11 is 3.81. The summed E-state index contributed by atoms with van der Waals surface area (Å²) in [6.07, 6.45) is 0. The van der Waals surface area contributed by atoms with Gasteiger partial charge in [-0.15, -0.1) is 22.7 Å². The molecular formula is C56H47BN2OS2. The average molecular weight is 839 g/mol. The Balaban J connectivity index is 1.19. The third kappa shape index (κ3) is 4.94. The highest BCUT2D eigenvalue weighted by atomic mass is 32.1. The second kappa shape index (κ2) is 12.0. The van der Waals surface area contributed by atoms with Crippen LogP contribution in [0.25, 0.3) is 89.9 Å². The number of benzene rings is 7. The molecule has 0 aliphatic carbocycles. The van der Waals surface area contributed by atoms with Crippen LogP contribution in [-0.4, -0.2) is 11.4 Å². The van der Waals surface area contributed by atoms with Crippen molar-refractivity contribution >= 4 is 125 Å². The van der Waals surface area contributed by atoms with Gasteiger partial charge >= 0.3 is 6.85 Å². The molecule has 11 aromatic rings. The van der Waals surface area contributed by atoms with Crippen LogP contribution in [0.3, 0.4) is 0 Å². The van der Waals surface area contributed by atoms with Crippen LogP contribution in [-0.2, 0) is 16.2 Å². The zero-order valence-electron chi connectivity index (χ0n) is 36.7. The molecule has 0 saturated carbocycles. The van der Waals surface area contributed by atoms with Crippen LogP contribution in [0.1, 0.15) is 79.0 Å². The van der Waals surface area contributed by atoms with E-state index in [0.717, 1.165) is 16.9 Å². The van der Waals surface area contributed by atoms with Crippen molar-refractivity contribution in [3.05, 3.63) is 138 Å². The Kier molecular flexibility index (Phi) is 7.12. The van der Waals surface area contributed by atoms with E-state index in [1.54, 1.807) is 0 Å². The average Bonchev–Trinajstić information content (AvgIpc) is 3.99. The van der Waals surface area contributed by atoms with Gasteiger partial charge in [0.25, 0.3) is 0 Å². The molecular weight excluding hydrogens is 792 g/mol. The maximum atomic E-state index is 7.37. The van der Waals surface area contributed by atoms with Crippen LogP contribution in [0, 0.1) is 0 Å². The van der Waals surface area contributed by atoms with Gasteiger partial charge in [-0.05, 0) is 105 Å². The van der Waals surface area contributed by atoms with Crippen LogP contribution in [0.5, 0.6) is 0 Å². The monoisotopic (exact) mass is 838 g/mol. The molecule has 13 rings (SSSR count). The second-order valence-electron chi connectivity index (χ2n) is 21.0. The van der Waals surface area contributed by atoms with Gasteiger partial charge in [0.15, 0.2) is 0 Å². The summed E-state index contributed by atoms with van der Waals surface area (Å²) in [5.41, 5.74) is 15.9. The zero-order chi connectivity index (χ0) is 42.4. The topological polar surface area (TPSA) is 21.3 Å². The number of aromatic nitrogens is 1. The van der Waals surface area contributed by atoms with E-state index in [1.807, 2.05) is 22.7 Å². The lowest BCUT2D eigenvalue weighted by Gasteiger charge is -2.40. The molecule has 6 heteroatoms. The predicted molar refractivity (Wildman–Crippen MR) is 271 cm³/mol. The van der Waals surface area contributed by atoms with E-state index >= 15 is 0 Å². The fraction of sp³-hybridized carbons (Fsp3) is 0.214. The molecule has 302 valence electrons. The Labute approximate surface area is 370 Å². The highest BCUT2D eigenvalue weighted by Gasteiger charge is 2.47. The van der Waals surface area contributed by atoms with Gasteiger partial charge in [-0.2, -0.15) is 0 Å². The van der Waals surface area contributed by atoms with Crippen molar-refractivity contribution in [1.29, 1.82) is 0 Å². The number of rotatable bonds is 1. The van der Waals surface area contributed by atoms with E-state index in [2.05, 4.69) is 193 Å². The number of anilines is 2. The molecule has 7 aromatic carbocycles. The van der Waals surface area contributed by atoms with Gasteiger partial charge in [0.1, 0.15) is 11.2 Å². The molecule has 0 saturated heterocycles. The first-order valence-corrected chi connectivity index (χ1v) is 23.7. The lowest BCUT2D eigenvalue weighted by molar-refractivity contribution is 0.590. The first-order chi connectivity index (χ1) is 29.6. The minimum atomic E-state index is -0.194. The fourth-order valence-electron chi connectivity index (χ4n) is 10.7. The molecule has 2 aliphatic rings. The Morgan fingerprint density at radius 1 is 0.484 bits per heavy atom. The largest absolute Gasteiger partial charge is 0.466 e. The summed E-state index contributed by atoms with van der Waals surface area (Å²) in [5.74, 6) is 0. The number of hydrogen-bond donors (Lipinski definition) is 0. The van der Waals surface area contributed by atoms with Crippen molar-refractivity contribution in [3.63, 3.8) is 0 Å². The first-order valence-electron chi connectivity index (χ1n) is 22.0. The molecule has 0 fully saturated rings. The Bertz CT molecular complexity index is 3760. The van der Waals surface area contributed by atoms with Crippen molar-refractivity contribution in [1.82, 2.24) is 4.57 Å². The summed E-state index contributed by atoms with van der Waals surface area (Å²) in [5, 5.41) is 9.02. The van der Waals surface area contributed by atoms with Crippen LogP contribution in [0.4, 0.5) is 11.4 Å². The first kappa shape index (κ1) is 36.8. The summed E-state index contributed by atoms with van der Waals surface area (Å²) in [6, 6.07) is 47.0. The van der Waals surface area contributed by atoms with Gasteiger partial charge in [-0.1, -0.05) is 123 Å². The molecule has 4 aromatic heterocycles. The Morgan fingerprint density at radius 3 is 1.89 bits per heavy atom. The van der Waals surface area contributed by atoms with Crippen molar-refractivity contribution in [2.24, 2.45) is 0 Å². The molecule has 0 amide bonds. The van der Waals surface area contributed by atoms with E-state index in [4.69, 9.17) is 4.42 Å². The lowest BCUT2D eigenvalue weighted by Crippen LogP contribution is -2.60. The SMILES string of the molecule is CC(C)(C)c1ccc(N2B3c4oc5ccc(C(C)(C)C)cc5c4-n4c5cc6c(cc5c5ccc(c3c54)-c3cc4c(cc32)sc2cc(C(C)(C)C)ccc24)sc2ccccc26)cc1. The fourth-order valence-corrected chi connectivity index (χ4v) is 13.0. The van der Waals surface area contributed by atoms with Gasteiger partial charge in [0.05, 0.1) is 16.7 Å². The molecule has 3 nitrogen and oxygen atoms in total. The van der Waals surface area contributed by atoms with Crippen molar-refractivity contribution in [2.45, 2.75) is 78.6 Å². The van der Waals surface area contributed by atoms with Gasteiger partial charge in [-0.25, -0.2) is 0 Å². The van der Waals surface area contributed by atoms with Gasteiger partial charge in [-0.3, -0.25) is 0 Å². The summed E-state index contributed by atoms with van der Waals surface area (Å²) < 4.78 is 15.3. The third-order valence-electron chi connectivity index (χ3n) is 14.0. The minimum absolute atomic E-state index is 0.0260. The number of furan rings is 1. The molecule has 0 atom stereocenters. The molecule has 0 bridgehead atoms. The molecule has 62 heavy (non-hydrogen) atoms. The highest BCUT2D eigenvalue weighted by molar-refractivity contribution is 7.26. The van der Waals surface area contributed by atoms with E-state index in [0.29, 0.717) is 0 Å². The maximum Gasteiger partial charge on any atom is 0.375 e. The van der Waals surface area contributed by atoms with Gasteiger partial charge in [0.2, 0.25) is 0 Å². The number of thiophene rings is 2. The van der Waals surface area contributed by atoms with E-state index in [-0.39, 0.29) is 23.1 Å². The molecule has 0 radical (unpaired) electrons. The molecule has 6 heterocycles. The Morgan fingerprint density at radius 2 is 1.11 bits per heavy atom. The van der Waals surface area contributed by atoms with Crippen molar-refractivity contribution < 1.29 is 4.42 Å². The summed E-state index contributed by atoms with van der Waals surface area (Å²) in [4.78, 5) is 2.62. The van der Waals surface area contributed by atoms with E-state index in [1.165, 1.54) is 112 Å². The molecule has 0 N–H and O–H groups in total. The number of hydrogen-bond acceptors (Lipinski definition) is 4. The smallest absolute Gasteiger partial charge is 0.375 e. The standard InChI is InChI=1S/C56H47BN2OS2/c1-54(2,3)30-14-18-33(19-15-30)59-44-29-49-40(35-20-16-32(56(7,8)9)25-47(35)62-49)26-38(44)36-21-22-37-39-28-48-41(34-12-10-11-13-46(34)61-48)27-43(39)58-51(37)50(36)57(59)53-52(58)42-24-31(55(4,5)6)17-23-45(42)60-53/h10-29H,1-9H3. The number of fused-ring (bicyclic) bond motifs is 16. The molecule has 2 aliphatic heterocycles. The molecule has 0 unspecified atom stereocenters. The summed E-state index contributed by atoms with van der Waals surface area (Å²) in [7, 11) is 0. The summed E-state index contributed by atoms with van der Waals surface area (Å²) in [6.45, 7) is 20.6. The van der Waals surface area contributed by atoms with Gasteiger partial charge in [0, 0.05) is 73.4 Å². The normalized spacial score (nSPS) is 14.1. The quantitative estimate of drug-likeness (QED) is 0.154. The lowest BCUT2D eigenvalue weighted by atomic mass is 9.46. The van der Waals surface area contributed by atoms with Crippen LogP contribution in [0.2, 0.25) is 0 Å². The van der Waals surface area contributed by atoms with Crippen LogP contribution in [0.15, 0.2) is 126 Å². The highest BCUT2D eigenvalue weighted by Crippen LogP contribution is 2.51. The maximum absolute atomic E-state index is 7.37. The van der Waals surface area contributed by atoms with E-state index < -0.39 is 0 Å².